The van der Waals surface area contributed by atoms with Crippen LogP contribution in [0.15, 0.2) is 0 Å². The van der Waals surface area contributed by atoms with E-state index in [0.29, 0.717) is 0 Å². The summed E-state index contributed by atoms with van der Waals surface area (Å²) in [5.41, 5.74) is 0. The Morgan fingerprint density at radius 1 is 0.250 bits per heavy atom. The molecule has 16 heavy (non-hydrogen) atoms. The molecule has 0 unspecified atom stereocenters. The Kier molecular flexibility index (Phi) is 4760. The third kappa shape index (κ3) is 219. The maximum atomic E-state index is 0. The smallest absolute Gasteiger partial charge is 3.00 e. The average molecular weight is 908 g/mol. The third-order valence-corrected chi connectivity index (χ3v) is 0. The Bertz CT molecular complexity index is 30.1. The van der Waals surface area contributed by atoms with Crippen LogP contribution in [-0.4, -0.2) is 52.1 Å². The second-order valence-electron chi connectivity index (χ2n) is 0. The van der Waals surface area contributed by atoms with Gasteiger partial charge in [-0.2, -0.15) is 0 Å². The van der Waals surface area contributed by atoms with Crippen molar-refractivity contribution in [1.29, 1.82) is 0 Å². The zero-order chi connectivity index (χ0) is 0. The summed E-state index contributed by atoms with van der Waals surface area (Å²) < 4.78 is 0. The third-order valence-electron chi connectivity index (χ3n) is 0. The molecule has 7 nitrogen and oxygen atoms in total. The van der Waals surface area contributed by atoms with E-state index < -0.39 is 0 Å². The Morgan fingerprint density at radius 3 is 0.250 bits per heavy atom. The molecule has 0 heterocycles. The van der Waals surface area contributed by atoms with Gasteiger partial charge in [-0.15, -0.1) is 0 Å². The van der Waals surface area contributed by atoms with E-state index in [1.54, 1.807) is 0 Å². The van der Waals surface area contributed by atoms with Crippen LogP contribution in [-0.2, 0) is 128 Å². The molecule has 0 bridgehead atoms. The maximum Gasteiger partial charge on any atom is 4.00 e. The van der Waals surface area contributed by atoms with E-state index >= 15 is 0 Å². The number of hydrogen-bond acceptors (Lipinski definition) is 0. The van der Waals surface area contributed by atoms with Crippen LogP contribution in [0.4, 0.5) is 0 Å². The van der Waals surface area contributed by atoms with Crippen LogP contribution in [0.1, 0.15) is 0 Å². The fraction of sp³-hybridized carbons (Fsp3) is 0. The van der Waals surface area contributed by atoms with Crippen molar-refractivity contribution in [2.24, 2.45) is 0 Å². The minimum absolute atomic E-state index is 0. The van der Waals surface area contributed by atoms with E-state index in [2.05, 4.69) is 0 Å². The molecule has 0 aliphatic heterocycles. The van der Waals surface area contributed by atoms with E-state index in [1.165, 1.54) is 0 Å². The number of nitrogens with zero attached hydrogens (tertiary/aromatic N) is 7. The molecule has 0 saturated heterocycles. The van der Waals surface area contributed by atoms with Gasteiger partial charge >= 0.3 is 117 Å². The van der Waals surface area contributed by atoms with E-state index in [1.807, 2.05) is 0 Å². The molecule has 0 rings (SSSR count). The molecule has 0 saturated carbocycles. The minimum Gasteiger partial charge on any atom is -3.00 e. The number of rotatable bonds is 0. The molecule has 0 spiro atoms. The summed E-state index contributed by atoms with van der Waals surface area (Å²) in [5, 5.41) is 0. The second-order valence-corrected chi connectivity index (χ2v) is 0. The first-order valence-electron chi connectivity index (χ1n) is 0. The fourth-order valence-electron chi connectivity index (χ4n) is 0. The van der Waals surface area contributed by atoms with Gasteiger partial charge < -0.3 is 43.1 Å². The SMILES string of the molecule is [Al+3].[Al+3].[Al+3].[N-3].[N-3].[N-3].[N-3].[N-3].[N-3].[N-3].[Pt].[Pt].[Pt].[Ti+4].[Ti+4].[Ti+4]. The van der Waals surface area contributed by atoms with Crippen molar-refractivity contribution >= 4 is 52.1 Å². The van der Waals surface area contributed by atoms with Gasteiger partial charge in [-0.1, -0.05) is 0 Å². The van der Waals surface area contributed by atoms with Gasteiger partial charge in [-0.25, -0.2) is 0 Å². The van der Waals surface area contributed by atoms with Crippen LogP contribution >= 0.6 is 0 Å². The first kappa shape index (κ1) is 297. The van der Waals surface area contributed by atoms with Crippen LogP contribution in [0, 0.1) is 0 Å². The Balaban J connectivity index is 0. The summed E-state index contributed by atoms with van der Waals surface area (Å²) in [6.07, 6.45) is 0. The first-order valence-corrected chi connectivity index (χ1v) is 0. The molecular weight excluding hydrogens is 908 g/mol. The van der Waals surface area contributed by atoms with Crippen LogP contribution in [0.2, 0.25) is 0 Å². The largest absolute Gasteiger partial charge is 4.00 e. The van der Waals surface area contributed by atoms with Gasteiger partial charge in [0.25, 0.3) is 0 Å². The Labute approximate surface area is 219 Å². The second kappa shape index (κ2) is 256. The van der Waals surface area contributed by atoms with Crippen LogP contribution in [0.5, 0.6) is 0 Å². The van der Waals surface area contributed by atoms with Crippen LogP contribution in [0.25, 0.3) is 43.1 Å². The summed E-state index contributed by atoms with van der Waals surface area (Å²) in [7, 11) is 0. The van der Waals surface area contributed by atoms with Gasteiger partial charge in [0, 0.05) is 63.2 Å². The summed E-state index contributed by atoms with van der Waals surface area (Å²) in [6, 6.07) is 0. The summed E-state index contributed by atoms with van der Waals surface area (Å²) in [5.74, 6) is 0. The molecule has 0 atom stereocenters. The van der Waals surface area contributed by atoms with Crippen LogP contribution < -0.4 is 0 Å². The molecule has 0 aliphatic carbocycles. The molecule has 0 amide bonds. The molecule has 16 heteroatoms. The van der Waals surface area contributed by atoms with Gasteiger partial charge in [0.15, 0.2) is 0 Å². The van der Waals surface area contributed by atoms with Crippen molar-refractivity contribution in [2.75, 3.05) is 0 Å². The van der Waals surface area contributed by atoms with Crippen molar-refractivity contribution in [3.05, 3.63) is 43.1 Å². The monoisotopic (exact) mass is 908 g/mol. The Hall–Kier alpha value is 5.53. The minimum atomic E-state index is 0. The molecule has 0 fully saturated rings. The standard InChI is InChI=1S/3Al.7N.3Pt.3Ti/q3*+3;7*-3;;;;3*+4. The molecule has 0 N–H and O–H groups in total. The van der Waals surface area contributed by atoms with E-state index in [9.17, 15) is 0 Å². The zero-order valence-corrected chi connectivity index (χ0v) is 22.3. The van der Waals surface area contributed by atoms with Crippen molar-refractivity contribution in [3.63, 3.8) is 0 Å². The van der Waals surface area contributed by atoms with Gasteiger partial charge in [0.2, 0.25) is 0 Å². The predicted molar refractivity (Wildman–Crippen MR) is 40.8 cm³/mol. The van der Waals surface area contributed by atoms with Crippen LogP contribution in [0.3, 0.4) is 0 Å². The maximum absolute atomic E-state index is 0. The van der Waals surface area contributed by atoms with Crippen molar-refractivity contribution in [3.8, 4) is 0 Å². The van der Waals surface area contributed by atoms with Crippen molar-refractivity contribution < 1.29 is 128 Å². The van der Waals surface area contributed by atoms with Gasteiger partial charge in [0.1, 0.15) is 0 Å². The molecule has 0 aliphatic rings. The molecule has 0 aromatic carbocycles. The van der Waals surface area contributed by atoms with Gasteiger partial charge in [-0.3, -0.25) is 0 Å². The molecule has 0 aromatic rings. The van der Waals surface area contributed by atoms with Gasteiger partial charge in [-0.05, 0) is 0 Å². The van der Waals surface area contributed by atoms with E-state index in [0.717, 1.165) is 0 Å². The quantitative estimate of drug-likeness (QED) is 0.310. The molecule has 0 aromatic heterocycles. The Morgan fingerprint density at radius 2 is 0.250 bits per heavy atom. The summed E-state index contributed by atoms with van der Waals surface area (Å²) in [6.45, 7) is 0. The summed E-state index contributed by atoms with van der Waals surface area (Å²) >= 11 is 0. The zero-order valence-electron chi connectivity index (χ0n) is 7.31. The van der Waals surface area contributed by atoms with Gasteiger partial charge in [0.05, 0.1) is 0 Å². The fourth-order valence-corrected chi connectivity index (χ4v) is 0. The first-order chi connectivity index (χ1) is 0. The number of hydrogen-bond donors (Lipinski definition) is 0. The molecule has 0 radical (unpaired) electrons. The van der Waals surface area contributed by atoms with Crippen molar-refractivity contribution in [1.82, 2.24) is 0 Å². The van der Waals surface area contributed by atoms with E-state index in [4.69, 9.17) is 0 Å². The predicted octanol–water partition coefficient (Wildman–Crippen LogP) is 0.864. The van der Waals surface area contributed by atoms with Crippen molar-refractivity contribution in [2.45, 2.75) is 0 Å². The molecular formula is Al3N7Pt3Ti3. The average Bonchev–Trinajstić information content (AvgIpc) is 0. The molecule has 86 valence electrons. The van der Waals surface area contributed by atoms with E-state index in [-0.39, 0.29) is 223 Å². The normalized spacial score (nSPS) is 0. The topological polar surface area (TPSA) is 214 Å². The summed E-state index contributed by atoms with van der Waals surface area (Å²) in [4.78, 5) is 0.